The molecule has 9 heteroatoms. The molecule has 28 heavy (non-hydrogen) atoms. The predicted octanol–water partition coefficient (Wildman–Crippen LogP) is 3.73. The lowest BCUT2D eigenvalue weighted by molar-refractivity contribution is 0.0970. The molecule has 5 rings (SSSR count). The highest BCUT2D eigenvalue weighted by Crippen LogP contribution is 2.34. The largest absolute Gasteiger partial charge is 0.307 e. The van der Waals surface area contributed by atoms with Gasteiger partial charge in [-0.2, -0.15) is 0 Å². The molecule has 4 heterocycles. The Morgan fingerprint density at radius 3 is 3.00 bits per heavy atom. The first kappa shape index (κ1) is 17.3. The fourth-order valence-corrected chi connectivity index (χ4v) is 4.61. The molecule has 0 saturated heterocycles. The molecule has 0 N–H and O–H groups in total. The van der Waals surface area contributed by atoms with Gasteiger partial charge < -0.3 is 4.57 Å². The summed E-state index contributed by atoms with van der Waals surface area (Å²) in [7, 11) is 0. The average molecular weight is 411 g/mol. The summed E-state index contributed by atoms with van der Waals surface area (Å²) in [6, 6.07) is 9.41. The number of aryl methyl sites for hydroxylation is 1. The quantitative estimate of drug-likeness (QED) is 0.512. The summed E-state index contributed by atoms with van der Waals surface area (Å²) in [6.45, 7) is 1.10. The van der Waals surface area contributed by atoms with Crippen LogP contribution in [0.2, 0.25) is 5.02 Å². The smallest absolute Gasteiger partial charge is 0.298 e. The average Bonchev–Trinajstić information content (AvgIpc) is 3.42. The van der Waals surface area contributed by atoms with Gasteiger partial charge in [-0.3, -0.25) is 14.7 Å². The van der Waals surface area contributed by atoms with Gasteiger partial charge in [-0.05, 0) is 30.2 Å². The maximum atomic E-state index is 13.4. The van der Waals surface area contributed by atoms with Crippen molar-refractivity contribution < 1.29 is 4.79 Å². The van der Waals surface area contributed by atoms with E-state index in [0.717, 1.165) is 35.5 Å². The number of anilines is 1. The summed E-state index contributed by atoms with van der Waals surface area (Å²) >= 11 is 7.72. The number of aromatic nitrogens is 5. The monoisotopic (exact) mass is 410 g/mol. The first-order chi connectivity index (χ1) is 13.7. The third-order valence-electron chi connectivity index (χ3n) is 4.70. The number of nitrogens with zero attached hydrogens (tertiary/aromatic N) is 6. The van der Waals surface area contributed by atoms with Crippen LogP contribution in [0.15, 0.2) is 42.7 Å². The number of para-hydroxylation sites is 1. The van der Waals surface area contributed by atoms with Gasteiger partial charge in [0.25, 0.3) is 5.91 Å². The summed E-state index contributed by atoms with van der Waals surface area (Å²) in [5.41, 5.74) is 1.60. The van der Waals surface area contributed by atoms with E-state index in [1.165, 1.54) is 11.3 Å². The lowest BCUT2D eigenvalue weighted by Crippen LogP contribution is -2.32. The van der Waals surface area contributed by atoms with Crippen LogP contribution in [0.1, 0.15) is 28.4 Å². The topological polar surface area (TPSA) is 76.8 Å². The maximum absolute atomic E-state index is 13.4. The Morgan fingerprint density at radius 1 is 1.25 bits per heavy atom. The summed E-state index contributed by atoms with van der Waals surface area (Å²) in [5.74, 6) is 0.985. The molecule has 1 amide bonds. The van der Waals surface area contributed by atoms with E-state index in [2.05, 4.69) is 20.2 Å². The maximum Gasteiger partial charge on any atom is 0.298 e. The van der Waals surface area contributed by atoms with Crippen LogP contribution in [0.4, 0.5) is 5.13 Å². The van der Waals surface area contributed by atoms with Gasteiger partial charge in [0.2, 0.25) is 5.82 Å². The van der Waals surface area contributed by atoms with Crippen LogP contribution in [0, 0.1) is 0 Å². The SMILES string of the molecule is O=C(c1nnc2n1CCC2)N(Cc1cccnc1)c1nc2c(Cl)cccc2s1. The van der Waals surface area contributed by atoms with E-state index >= 15 is 0 Å². The number of fused-ring (bicyclic) bond motifs is 2. The molecule has 1 aromatic carbocycles. The zero-order valence-corrected chi connectivity index (χ0v) is 16.3. The second kappa shape index (κ2) is 6.96. The van der Waals surface area contributed by atoms with Crippen LogP contribution in [0.25, 0.3) is 10.2 Å². The molecule has 1 aliphatic heterocycles. The van der Waals surface area contributed by atoms with Gasteiger partial charge in [0, 0.05) is 25.4 Å². The van der Waals surface area contributed by atoms with E-state index in [1.54, 1.807) is 23.4 Å². The first-order valence-electron chi connectivity index (χ1n) is 8.88. The zero-order chi connectivity index (χ0) is 19.1. The van der Waals surface area contributed by atoms with Crippen molar-refractivity contribution in [2.24, 2.45) is 0 Å². The molecular formula is C19H15ClN6OS. The van der Waals surface area contributed by atoms with Crippen molar-refractivity contribution in [3.63, 3.8) is 0 Å². The van der Waals surface area contributed by atoms with Crippen molar-refractivity contribution in [3.8, 4) is 0 Å². The molecule has 0 fully saturated rings. The number of amides is 1. The number of hydrogen-bond acceptors (Lipinski definition) is 6. The number of benzene rings is 1. The summed E-state index contributed by atoms with van der Waals surface area (Å²) in [5, 5.41) is 9.47. The van der Waals surface area contributed by atoms with Gasteiger partial charge >= 0.3 is 0 Å². The molecule has 0 atom stereocenters. The van der Waals surface area contributed by atoms with Gasteiger partial charge in [-0.1, -0.05) is 35.1 Å². The Morgan fingerprint density at radius 2 is 2.18 bits per heavy atom. The minimum Gasteiger partial charge on any atom is -0.307 e. The number of halogens is 1. The summed E-state index contributed by atoms with van der Waals surface area (Å²) in [4.78, 5) is 23.9. The fourth-order valence-electron chi connectivity index (χ4n) is 3.35. The van der Waals surface area contributed by atoms with Gasteiger partial charge in [0.05, 0.1) is 16.3 Å². The zero-order valence-electron chi connectivity index (χ0n) is 14.7. The number of carbonyl (C=O) groups is 1. The van der Waals surface area contributed by atoms with E-state index in [1.807, 2.05) is 28.8 Å². The molecular weight excluding hydrogens is 396 g/mol. The Balaban J connectivity index is 1.59. The van der Waals surface area contributed by atoms with Crippen LogP contribution in [-0.2, 0) is 19.5 Å². The fraction of sp³-hybridized carbons (Fsp3) is 0.211. The number of rotatable bonds is 4. The lowest BCUT2D eigenvalue weighted by atomic mass is 10.2. The third kappa shape index (κ3) is 2.94. The summed E-state index contributed by atoms with van der Waals surface area (Å²) < 4.78 is 2.83. The van der Waals surface area contributed by atoms with Gasteiger partial charge in [-0.25, -0.2) is 4.98 Å². The number of hydrogen-bond donors (Lipinski definition) is 0. The molecule has 7 nitrogen and oxygen atoms in total. The van der Waals surface area contributed by atoms with Gasteiger partial charge in [-0.15, -0.1) is 10.2 Å². The van der Waals surface area contributed by atoms with Crippen molar-refractivity contribution in [2.75, 3.05) is 4.90 Å². The molecule has 0 spiro atoms. The second-order valence-corrected chi connectivity index (χ2v) is 7.95. The Kier molecular flexibility index (Phi) is 4.29. The second-order valence-electron chi connectivity index (χ2n) is 6.53. The molecule has 3 aromatic heterocycles. The summed E-state index contributed by atoms with van der Waals surface area (Å²) in [6.07, 6.45) is 5.28. The van der Waals surface area contributed by atoms with Crippen molar-refractivity contribution in [1.82, 2.24) is 24.7 Å². The van der Waals surface area contributed by atoms with Gasteiger partial charge in [0.15, 0.2) is 5.13 Å². The molecule has 0 saturated carbocycles. The van der Waals surface area contributed by atoms with E-state index in [0.29, 0.717) is 28.0 Å². The van der Waals surface area contributed by atoms with Crippen molar-refractivity contribution >= 4 is 44.2 Å². The van der Waals surface area contributed by atoms with E-state index < -0.39 is 0 Å². The van der Waals surface area contributed by atoms with Crippen LogP contribution >= 0.6 is 22.9 Å². The van der Waals surface area contributed by atoms with Crippen LogP contribution in [-0.4, -0.2) is 30.6 Å². The highest BCUT2D eigenvalue weighted by Gasteiger charge is 2.29. The number of carbonyl (C=O) groups excluding carboxylic acids is 1. The Labute approximate surface area is 169 Å². The Bertz CT molecular complexity index is 1170. The van der Waals surface area contributed by atoms with E-state index in [4.69, 9.17) is 11.6 Å². The highest BCUT2D eigenvalue weighted by atomic mass is 35.5. The molecule has 0 radical (unpaired) electrons. The molecule has 4 aromatic rings. The van der Waals surface area contributed by atoms with E-state index in [9.17, 15) is 4.79 Å². The predicted molar refractivity (Wildman–Crippen MR) is 108 cm³/mol. The first-order valence-corrected chi connectivity index (χ1v) is 10.1. The highest BCUT2D eigenvalue weighted by molar-refractivity contribution is 7.22. The molecule has 1 aliphatic rings. The lowest BCUT2D eigenvalue weighted by Gasteiger charge is -2.19. The van der Waals surface area contributed by atoms with Crippen LogP contribution < -0.4 is 4.90 Å². The standard InChI is InChI=1S/C19H15ClN6OS/c20-13-5-1-6-14-16(13)22-19(28-14)26(11-12-4-2-8-21-10-12)18(27)17-24-23-15-7-3-9-25(15)17/h1-2,4-6,8,10H,3,7,9,11H2. The van der Waals surface area contributed by atoms with Crippen LogP contribution in [0.5, 0.6) is 0 Å². The van der Waals surface area contributed by atoms with Gasteiger partial charge in [0.1, 0.15) is 11.3 Å². The molecule has 0 unspecified atom stereocenters. The molecule has 0 aliphatic carbocycles. The minimum absolute atomic E-state index is 0.223. The van der Waals surface area contributed by atoms with E-state index in [-0.39, 0.29) is 5.91 Å². The Hall–Kier alpha value is -2.84. The third-order valence-corrected chi connectivity index (χ3v) is 6.05. The molecule has 140 valence electrons. The molecule has 0 bridgehead atoms. The number of thiazole rings is 1. The minimum atomic E-state index is -0.223. The van der Waals surface area contributed by atoms with Crippen molar-refractivity contribution in [1.29, 1.82) is 0 Å². The van der Waals surface area contributed by atoms with Crippen molar-refractivity contribution in [2.45, 2.75) is 25.9 Å². The number of pyridine rings is 1. The van der Waals surface area contributed by atoms with Crippen LogP contribution in [0.3, 0.4) is 0 Å². The van der Waals surface area contributed by atoms with Crippen molar-refractivity contribution in [3.05, 3.63) is 65.0 Å². The normalized spacial score (nSPS) is 13.0.